The molecule has 0 saturated carbocycles. The number of hydrogen-bond donors (Lipinski definition) is 0. The minimum Gasteiger partial charge on any atom is -0.371 e. The number of para-hydroxylation sites is 1. The van der Waals surface area contributed by atoms with Gasteiger partial charge >= 0.3 is 0 Å². The standard InChI is InChI=1S/C25H30FN3O/c1-27-16-17-29-22-12-15-28(13-3-6-24(30)18-7-9-19(26)10-8-18)14-11-20(22)21-4-2-5-23(27)25(21)29/h2,4-5,7-10,20,22H,3,6,11-17H2,1H3. The molecule has 158 valence electrons. The molecule has 5 rings (SSSR count). The minimum absolute atomic E-state index is 0.112. The summed E-state index contributed by atoms with van der Waals surface area (Å²) in [5, 5.41) is 0. The summed E-state index contributed by atoms with van der Waals surface area (Å²) in [6, 6.07) is 13.3. The van der Waals surface area contributed by atoms with E-state index in [0.717, 1.165) is 39.1 Å². The van der Waals surface area contributed by atoms with E-state index in [-0.39, 0.29) is 11.6 Å². The van der Waals surface area contributed by atoms with Gasteiger partial charge in [-0.25, -0.2) is 4.39 Å². The molecule has 0 aromatic heterocycles. The maximum Gasteiger partial charge on any atom is 0.162 e. The molecule has 0 spiro atoms. The lowest BCUT2D eigenvalue weighted by Crippen LogP contribution is -2.43. The van der Waals surface area contributed by atoms with E-state index in [2.05, 4.69) is 39.9 Å². The summed E-state index contributed by atoms with van der Waals surface area (Å²) in [7, 11) is 2.20. The highest BCUT2D eigenvalue weighted by molar-refractivity contribution is 5.95. The number of halogens is 1. The molecule has 4 nitrogen and oxygen atoms in total. The van der Waals surface area contributed by atoms with Crippen LogP contribution in [0.15, 0.2) is 42.5 Å². The fourth-order valence-electron chi connectivity index (χ4n) is 5.64. The second-order valence-electron chi connectivity index (χ2n) is 8.96. The molecule has 3 aliphatic heterocycles. The van der Waals surface area contributed by atoms with Crippen LogP contribution in [0, 0.1) is 5.82 Å². The average Bonchev–Trinajstić information content (AvgIpc) is 2.91. The van der Waals surface area contributed by atoms with Crippen LogP contribution in [-0.4, -0.2) is 56.5 Å². The molecule has 3 aliphatic rings. The second-order valence-corrected chi connectivity index (χ2v) is 8.96. The smallest absolute Gasteiger partial charge is 0.162 e. The number of hydrogen-bond acceptors (Lipinski definition) is 4. The van der Waals surface area contributed by atoms with Crippen molar-refractivity contribution in [1.29, 1.82) is 0 Å². The van der Waals surface area contributed by atoms with Gasteiger partial charge in [0.15, 0.2) is 5.78 Å². The third-order valence-electron chi connectivity index (χ3n) is 7.23. The number of fused-ring (bicyclic) bond motifs is 3. The van der Waals surface area contributed by atoms with Crippen LogP contribution in [0.5, 0.6) is 0 Å². The van der Waals surface area contributed by atoms with Gasteiger partial charge in [0.2, 0.25) is 0 Å². The van der Waals surface area contributed by atoms with Crippen LogP contribution in [0.25, 0.3) is 0 Å². The Labute approximate surface area is 178 Å². The molecule has 0 N–H and O–H groups in total. The van der Waals surface area contributed by atoms with Crippen LogP contribution >= 0.6 is 0 Å². The zero-order chi connectivity index (χ0) is 20.7. The van der Waals surface area contributed by atoms with Crippen molar-refractivity contribution >= 4 is 17.2 Å². The number of rotatable bonds is 5. The molecule has 1 saturated heterocycles. The van der Waals surface area contributed by atoms with Gasteiger partial charge in [-0.1, -0.05) is 12.1 Å². The highest BCUT2D eigenvalue weighted by Gasteiger charge is 2.42. The lowest BCUT2D eigenvalue weighted by Gasteiger charge is -2.38. The van der Waals surface area contributed by atoms with Crippen LogP contribution in [0.4, 0.5) is 15.8 Å². The number of anilines is 2. The van der Waals surface area contributed by atoms with Gasteiger partial charge in [-0.3, -0.25) is 4.79 Å². The summed E-state index contributed by atoms with van der Waals surface area (Å²) in [4.78, 5) is 20.0. The first-order valence-corrected chi connectivity index (χ1v) is 11.2. The van der Waals surface area contributed by atoms with Crippen molar-refractivity contribution in [2.75, 3.05) is 49.6 Å². The highest BCUT2D eigenvalue weighted by Crippen LogP contribution is 2.50. The Bertz CT molecular complexity index is 928. The Hall–Kier alpha value is -2.40. The zero-order valence-electron chi connectivity index (χ0n) is 17.7. The van der Waals surface area contributed by atoms with Gasteiger partial charge in [0.25, 0.3) is 0 Å². The molecule has 0 amide bonds. The summed E-state index contributed by atoms with van der Waals surface area (Å²) in [6.07, 6.45) is 3.77. The van der Waals surface area contributed by atoms with E-state index in [9.17, 15) is 9.18 Å². The van der Waals surface area contributed by atoms with Crippen molar-refractivity contribution < 1.29 is 9.18 Å². The van der Waals surface area contributed by atoms with Gasteiger partial charge in [0, 0.05) is 50.6 Å². The van der Waals surface area contributed by atoms with Crippen LogP contribution in [0.2, 0.25) is 0 Å². The van der Waals surface area contributed by atoms with Crippen LogP contribution < -0.4 is 9.80 Å². The lowest BCUT2D eigenvalue weighted by atomic mass is 9.91. The van der Waals surface area contributed by atoms with Gasteiger partial charge in [-0.15, -0.1) is 0 Å². The molecular weight excluding hydrogens is 377 g/mol. The molecule has 1 fully saturated rings. The molecule has 2 aromatic rings. The molecule has 2 unspecified atom stereocenters. The monoisotopic (exact) mass is 407 g/mol. The molecular formula is C25H30FN3O. The van der Waals surface area contributed by atoms with E-state index in [1.54, 1.807) is 12.1 Å². The van der Waals surface area contributed by atoms with E-state index in [1.807, 2.05) is 0 Å². The number of likely N-dealkylation sites (tertiary alicyclic amines) is 1. The number of carbonyl (C=O) groups is 1. The number of nitrogens with zero attached hydrogens (tertiary/aromatic N) is 3. The summed E-state index contributed by atoms with van der Waals surface area (Å²) in [6.45, 7) is 5.37. The molecule has 2 aromatic carbocycles. The SMILES string of the molecule is CN1CCN2c3c(cccc31)C1CCN(CCCC(=O)c3ccc(F)cc3)CCC12. The molecule has 5 heteroatoms. The molecule has 30 heavy (non-hydrogen) atoms. The summed E-state index contributed by atoms with van der Waals surface area (Å²) in [5.41, 5.74) is 5.03. The van der Waals surface area contributed by atoms with E-state index in [4.69, 9.17) is 0 Å². The van der Waals surface area contributed by atoms with Crippen molar-refractivity contribution in [3.05, 3.63) is 59.4 Å². The van der Waals surface area contributed by atoms with E-state index in [0.29, 0.717) is 23.9 Å². The van der Waals surface area contributed by atoms with E-state index in [1.165, 1.54) is 41.9 Å². The number of Topliss-reactive ketones (excluding diaryl/α,β-unsaturated/α-hetero) is 1. The van der Waals surface area contributed by atoms with Crippen LogP contribution in [0.3, 0.4) is 0 Å². The largest absolute Gasteiger partial charge is 0.371 e. The van der Waals surface area contributed by atoms with Gasteiger partial charge < -0.3 is 14.7 Å². The predicted octanol–water partition coefficient (Wildman–Crippen LogP) is 4.31. The van der Waals surface area contributed by atoms with Gasteiger partial charge in [0.1, 0.15) is 5.82 Å². The third kappa shape index (κ3) is 3.49. The van der Waals surface area contributed by atoms with Crippen LogP contribution in [-0.2, 0) is 0 Å². The number of ketones is 1. The summed E-state index contributed by atoms with van der Waals surface area (Å²) >= 11 is 0. The minimum atomic E-state index is -0.296. The zero-order valence-corrected chi connectivity index (χ0v) is 17.7. The Kier molecular flexibility index (Phi) is 5.23. The fraction of sp³-hybridized carbons (Fsp3) is 0.480. The lowest BCUT2D eigenvalue weighted by molar-refractivity contribution is 0.0975. The van der Waals surface area contributed by atoms with Crippen molar-refractivity contribution in [2.45, 2.75) is 37.6 Å². The Morgan fingerprint density at radius 1 is 1.03 bits per heavy atom. The van der Waals surface area contributed by atoms with Gasteiger partial charge in [-0.2, -0.15) is 0 Å². The van der Waals surface area contributed by atoms with E-state index < -0.39 is 0 Å². The molecule has 0 aliphatic carbocycles. The first kappa shape index (κ1) is 19.6. The number of carbonyl (C=O) groups excluding carboxylic acids is 1. The molecule has 2 atom stereocenters. The number of likely N-dealkylation sites (N-methyl/N-ethyl adjacent to an activating group) is 1. The van der Waals surface area contributed by atoms with Crippen molar-refractivity contribution in [3.63, 3.8) is 0 Å². The Morgan fingerprint density at radius 2 is 1.83 bits per heavy atom. The first-order chi connectivity index (χ1) is 14.6. The average molecular weight is 408 g/mol. The maximum atomic E-state index is 13.0. The second kappa shape index (κ2) is 8.03. The predicted molar refractivity (Wildman–Crippen MR) is 119 cm³/mol. The molecule has 0 radical (unpaired) electrons. The normalized spacial score (nSPS) is 23.1. The summed E-state index contributed by atoms with van der Waals surface area (Å²) < 4.78 is 13.0. The molecule has 3 heterocycles. The molecule has 0 bridgehead atoms. The van der Waals surface area contributed by atoms with Crippen molar-refractivity contribution in [3.8, 4) is 0 Å². The van der Waals surface area contributed by atoms with Gasteiger partial charge in [-0.05, 0) is 68.2 Å². The highest BCUT2D eigenvalue weighted by atomic mass is 19.1. The van der Waals surface area contributed by atoms with Crippen LogP contribution in [0.1, 0.15) is 47.5 Å². The Balaban J connectivity index is 1.20. The quantitative estimate of drug-likeness (QED) is 0.691. The fourth-order valence-corrected chi connectivity index (χ4v) is 5.64. The van der Waals surface area contributed by atoms with Gasteiger partial charge in [0.05, 0.1) is 11.4 Å². The topological polar surface area (TPSA) is 26.8 Å². The number of benzene rings is 2. The third-order valence-corrected chi connectivity index (χ3v) is 7.23. The first-order valence-electron chi connectivity index (χ1n) is 11.2. The Morgan fingerprint density at radius 3 is 2.67 bits per heavy atom. The van der Waals surface area contributed by atoms with Crippen molar-refractivity contribution in [2.24, 2.45) is 0 Å². The maximum absolute atomic E-state index is 13.0. The summed E-state index contributed by atoms with van der Waals surface area (Å²) in [5.74, 6) is 0.439. The van der Waals surface area contributed by atoms with Crippen molar-refractivity contribution in [1.82, 2.24) is 4.90 Å². The van der Waals surface area contributed by atoms with E-state index >= 15 is 0 Å².